The molecular weight excluding hydrogens is 398 g/mol. The van der Waals surface area contributed by atoms with E-state index >= 15 is 0 Å². The number of thiocarbonyl (C=S) groups is 1. The first-order valence-corrected chi connectivity index (χ1v) is 10.4. The van der Waals surface area contributed by atoms with Gasteiger partial charge in [-0.05, 0) is 48.8 Å². The molecule has 0 aliphatic rings. The van der Waals surface area contributed by atoms with Crippen molar-refractivity contribution < 1.29 is 4.79 Å². The van der Waals surface area contributed by atoms with Crippen LogP contribution in [-0.2, 0) is 13.0 Å². The predicted molar refractivity (Wildman–Crippen MR) is 124 cm³/mol. The van der Waals surface area contributed by atoms with Crippen LogP contribution in [0.5, 0.6) is 0 Å². The maximum Gasteiger partial charge on any atom is 0.290 e. The third kappa shape index (κ3) is 5.01. The Morgan fingerprint density at radius 1 is 1.07 bits per heavy atom. The summed E-state index contributed by atoms with van der Waals surface area (Å²) >= 11 is 5.27. The summed E-state index contributed by atoms with van der Waals surface area (Å²) in [6, 6.07) is 14.8. The number of unbranched alkanes of at least 4 members (excludes halogenated alkanes) is 1. The van der Waals surface area contributed by atoms with E-state index in [0.717, 1.165) is 24.9 Å². The molecule has 1 aromatic heterocycles. The number of hydrogen-bond donors (Lipinski definition) is 3. The number of aryl methyl sites for hydroxylation is 2. The van der Waals surface area contributed by atoms with Crippen molar-refractivity contribution in [2.45, 2.75) is 39.7 Å². The van der Waals surface area contributed by atoms with Crippen molar-refractivity contribution in [3.8, 4) is 0 Å². The standard InChI is InChI=1S/C22H25N5O2S/c1-3-5-13-27-21(29)18-12-7-6-11-17(18)19(26-27)20(28)24-25-22(30)23-16-10-8-9-15(4-2)14-16/h6-12,14H,3-5,13H2,1-2H3,(H,24,28)(H2,23,25,30). The number of nitrogens with zero attached hydrogens (tertiary/aromatic N) is 2. The Morgan fingerprint density at radius 3 is 2.57 bits per heavy atom. The molecule has 0 saturated carbocycles. The van der Waals surface area contributed by atoms with Crippen molar-refractivity contribution in [2.75, 3.05) is 5.32 Å². The van der Waals surface area contributed by atoms with E-state index in [4.69, 9.17) is 12.2 Å². The van der Waals surface area contributed by atoms with E-state index in [1.807, 2.05) is 31.2 Å². The van der Waals surface area contributed by atoms with Gasteiger partial charge in [0.25, 0.3) is 11.5 Å². The third-order valence-electron chi connectivity index (χ3n) is 4.69. The lowest BCUT2D eigenvalue weighted by Crippen LogP contribution is -2.44. The molecule has 3 rings (SSSR count). The smallest absolute Gasteiger partial charge is 0.290 e. The maximum absolute atomic E-state index is 12.8. The van der Waals surface area contributed by atoms with Gasteiger partial charge in [0.2, 0.25) is 0 Å². The molecule has 0 atom stereocenters. The van der Waals surface area contributed by atoms with Crippen molar-refractivity contribution in [1.82, 2.24) is 20.6 Å². The van der Waals surface area contributed by atoms with Crippen molar-refractivity contribution in [3.05, 3.63) is 70.1 Å². The Morgan fingerprint density at radius 2 is 1.83 bits per heavy atom. The fourth-order valence-electron chi connectivity index (χ4n) is 3.07. The summed E-state index contributed by atoms with van der Waals surface area (Å²) in [6.45, 7) is 4.57. The zero-order valence-electron chi connectivity index (χ0n) is 17.1. The molecule has 30 heavy (non-hydrogen) atoms. The van der Waals surface area contributed by atoms with E-state index in [2.05, 4.69) is 28.2 Å². The normalized spacial score (nSPS) is 10.6. The molecule has 7 nitrogen and oxygen atoms in total. The zero-order valence-corrected chi connectivity index (χ0v) is 17.9. The van der Waals surface area contributed by atoms with Crippen molar-refractivity contribution >= 4 is 39.7 Å². The number of aromatic nitrogens is 2. The van der Waals surface area contributed by atoms with Crippen LogP contribution in [0.25, 0.3) is 10.8 Å². The lowest BCUT2D eigenvalue weighted by Gasteiger charge is -2.14. The molecule has 0 aliphatic heterocycles. The minimum atomic E-state index is -0.470. The van der Waals surface area contributed by atoms with Gasteiger partial charge in [0.1, 0.15) is 0 Å². The van der Waals surface area contributed by atoms with Crippen molar-refractivity contribution in [1.29, 1.82) is 0 Å². The van der Waals surface area contributed by atoms with E-state index in [9.17, 15) is 9.59 Å². The first-order chi connectivity index (χ1) is 14.5. The summed E-state index contributed by atoms with van der Waals surface area (Å²) in [5.74, 6) is -0.470. The molecule has 156 valence electrons. The fourth-order valence-corrected chi connectivity index (χ4v) is 3.24. The van der Waals surface area contributed by atoms with Gasteiger partial charge in [-0.15, -0.1) is 0 Å². The topological polar surface area (TPSA) is 88.1 Å². The number of hydrazine groups is 1. The molecule has 0 radical (unpaired) electrons. The summed E-state index contributed by atoms with van der Waals surface area (Å²) in [4.78, 5) is 25.5. The van der Waals surface area contributed by atoms with E-state index in [0.29, 0.717) is 17.3 Å². The minimum Gasteiger partial charge on any atom is -0.331 e. The van der Waals surface area contributed by atoms with Crippen LogP contribution in [0.2, 0.25) is 0 Å². The van der Waals surface area contributed by atoms with Crippen molar-refractivity contribution in [3.63, 3.8) is 0 Å². The summed E-state index contributed by atoms with van der Waals surface area (Å²) in [7, 11) is 0. The van der Waals surface area contributed by atoms with Crippen molar-refractivity contribution in [2.24, 2.45) is 0 Å². The molecule has 0 spiro atoms. The van der Waals surface area contributed by atoms with E-state index in [-0.39, 0.29) is 16.4 Å². The Hall–Kier alpha value is -3.26. The Kier molecular flexibility index (Phi) is 7.13. The molecule has 3 aromatic rings. The molecule has 0 unspecified atom stereocenters. The fraction of sp³-hybridized carbons (Fsp3) is 0.273. The number of amides is 1. The van der Waals surface area contributed by atoms with Gasteiger partial charge in [-0.1, -0.05) is 50.6 Å². The molecule has 0 fully saturated rings. The molecule has 0 saturated heterocycles. The predicted octanol–water partition coefficient (Wildman–Crippen LogP) is 3.39. The van der Waals surface area contributed by atoms with Gasteiger partial charge in [-0.25, -0.2) is 4.68 Å². The summed E-state index contributed by atoms with van der Waals surface area (Å²) in [5.41, 5.74) is 7.26. The van der Waals surface area contributed by atoms with Gasteiger partial charge in [0.05, 0.1) is 5.39 Å². The molecular formula is C22H25N5O2S. The van der Waals surface area contributed by atoms with Crippen LogP contribution in [0, 0.1) is 0 Å². The van der Waals surface area contributed by atoms with Gasteiger partial charge >= 0.3 is 0 Å². The zero-order chi connectivity index (χ0) is 21.5. The average molecular weight is 424 g/mol. The number of carbonyl (C=O) groups is 1. The highest BCUT2D eigenvalue weighted by molar-refractivity contribution is 7.80. The minimum absolute atomic E-state index is 0.171. The van der Waals surface area contributed by atoms with E-state index in [1.54, 1.807) is 24.3 Å². The molecule has 1 heterocycles. The van der Waals surface area contributed by atoms with Gasteiger partial charge in [-0.3, -0.25) is 20.4 Å². The van der Waals surface area contributed by atoms with Crippen LogP contribution in [0.4, 0.5) is 5.69 Å². The molecule has 8 heteroatoms. The van der Waals surface area contributed by atoms with Gasteiger partial charge in [0, 0.05) is 17.6 Å². The second-order valence-electron chi connectivity index (χ2n) is 6.86. The summed E-state index contributed by atoms with van der Waals surface area (Å²) in [6.07, 6.45) is 2.64. The summed E-state index contributed by atoms with van der Waals surface area (Å²) in [5, 5.41) is 8.57. The van der Waals surface area contributed by atoms with Crippen LogP contribution >= 0.6 is 12.2 Å². The first-order valence-electron chi connectivity index (χ1n) is 9.99. The lowest BCUT2D eigenvalue weighted by molar-refractivity contribution is 0.0938. The maximum atomic E-state index is 12.8. The van der Waals surface area contributed by atoms with Crippen LogP contribution in [0.3, 0.4) is 0 Å². The van der Waals surface area contributed by atoms with Gasteiger partial charge in [0.15, 0.2) is 10.8 Å². The monoisotopic (exact) mass is 423 g/mol. The van der Waals surface area contributed by atoms with E-state index < -0.39 is 5.91 Å². The first kappa shape index (κ1) is 21.4. The molecule has 2 aromatic carbocycles. The highest BCUT2D eigenvalue weighted by Crippen LogP contribution is 2.14. The molecule has 0 aliphatic carbocycles. The highest BCUT2D eigenvalue weighted by atomic mass is 32.1. The highest BCUT2D eigenvalue weighted by Gasteiger charge is 2.16. The lowest BCUT2D eigenvalue weighted by atomic mass is 10.1. The number of rotatable bonds is 6. The Bertz CT molecular complexity index is 1130. The summed E-state index contributed by atoms with van der Waals surface area (Å²) < 4.78 is 1.35. The second kappa shape index (κ2) is 9.98. The Labute approximate surface area is 180 Å². The third-order valence-corrected chi connectivity index (χ3v) is 4.89. The molecule has 0 bridgehead atoms. The average Bonchev–Trinajstić information content (AvgIpc) is 2.77. The van der Waals surface area contributed by atoms with Crippen LogP contribution in [0.1, 0.15) is 42.7 Å². The molecule has 1 amide bonds. The number of benzene rings is 2. The SMILES string of the molecule is CCCCn1nc(C(=O)NNC(=S)Nc2cccc(CC)c2)c2ccccc2c1=O. The quantitative estimate of drug-likeness (QED) is 0.416. The van der Waals surface area contributed by atoms with Crippen LogP contribution in [-0.4, -0.2) is 20.8 Å². The number of fused-ring (bicyclic) bond motifs is 1. The Balaban J connectivity index is 1.76. The largest absolute Gasteiger partial charge is 0.331 e. The van der Waals surface area contributed by atoms with Crippen LogP contribution in [0.15, 0.2) is 53.3 Å². The van der Waals surface area contributed by atoms with E-state index in [1.165, 1.54) is 10.2 Å². The number of carbonyl (C=O) groups excluding carboxylic acids is 1. The van der Waals surface area contributed by atoms with Crippen LogP contribution < -0.4 is 21.7 Å². The second-order valence-corrected chi connectivity index (χ2v) is 7.27. The van der Waals surface area contributed by atoms with Gasteiger partial charge < -0.3 is 5.32 Å². The molecule has 3 N–H and O–H groups in total. The van der Waals surface area contributed by atoms with Gasteiger partial charge in [-0.2, -0.15) is 5.10 Å². The number of hydrogen-bond acceptors (Lipinski definition) is 4. The number of nitrogens with one attached hydrogen (secondary N) is 3. The number of anilines is 1.